The van der Waals surface area contributed by atoms with Crippen molar-refractivity contribution in [3.8, 4) is 0 Å². The molecule has 0 radical (unpaired) electrons. The molecule has 0 bridgehead atoms. The van der Waals surface area contributed by atoms with Gasteiger partial charge in [0, 0.05) is 17.3 Å². The number of hydrogen-bond acceptors (Lipinski definition) is 4. The monoisotopic (exact) mass is 319 g/mol. The minimum absolute atomic E-state index is 0.0160. The molecule has 1 heterocycles. The van der Waals surface area contributed by atoms with Crippen LogP contribution in [-0.4, -0.2) is 46.8 Å². The number of anilines is 1. The summed E-state index contributed by atoms with van der Waals surface area (Å²) in [4.78, 5) is 36.9. The molecule has 0 unspecified atom stereocenters. The summed E-state index contributed by atoms with van der Waals surface area (Å²) in [6.45, 7) is 0.0460. The van der Waals surface area contributed by atoms with Crippen molar-refractivity contribution < 1.29 is 14.4 Å². The van der Waals surface area contributed by atoms with E-state index in [0.29, 0.717) is 28.9 Å². The normalized spacial score (nSPS) is 17.5. The Kier molecular flexibility index (Phi) is 4.33. The van der Waals surface area contributed by atoms with Gasteiger partial charge in [-0.2, -0.15) is 0 Å². The zero-order valence-electron chi connectivity index (χ0n) is 12.0. The lowest BCUT2D eigenvalue weighted by Gasteiger charge is -2.14. The SMILES string of the molecule is O=C(CN1CSCC1=O)Nc1cccc(C(=O)NC2CC2)c1. The van der Waals surface area contributed by atoms with Gasteiger partial charge in [0.15, 0.2) is 0 Å². The standard InChI is InChI=1S/C15H17N3O3S/c19-13(7-18-9-22-8-14(18)20)16-12-3-1-2-10(6-12)15(21)17-11-4-5-11/h1-3,6,11H,4-5,7-9H2,(H,16,19)(H,17,21). The average molecular weight is 319 g/mol. The second-order valence-electron chi connectivity index (χ2n) is 5.45. The molecule has 1 aromatic rings. The third-order valence-electron chi connectivity index (χ3n) is 3.48. The van der Waals surface area contributed by atoms with Crippen LogP contribution in [0.4, 0.5) is 5.69 Å². The van der Waals surface area contributed by atoms with Crippen LogP contribution in [0.15, 0.2) is 24.3 Å². The zero-order valence-corrected chi connectivity index (χ0v) is 12.8. The Bertz CT molecular complexity index is 616. The third kappa shape index (κ3) is 3.79. The highest BCUT2D eigenvalue weighted by molar-refractivity contribution is 8.00. The number of nitrogens with zero attached hydrogens (tertiary/aromatic N) is 1. The topological polar surface area (TPSA) is 78.5 Å². The minimum atomic E-state index is -0.254. The van der Waals surface area contributed by atoms with E-state index in [4.69, 9.17) is 0 Å². The molecule has 6 nitrogen and oxygen atoms in total. The number of benzene rings is 1. The van der Waals surface area contributed by atoms with Crippen LogP contribution >= 0.6 is 11.8 Å². The largest absolute Gasteiger partial charge is 0.349 e. The van der Waals surface area contributed by atoms with Gasteiger partial charge in [0.05, 0.1) is 11.6 Å². The first-order valence-electron chi connectivity index (χ1n) is 7.18. The second kappa shape index (κ2) is 6.39. The maximum absolute atomic E-state index is 12.0. The van der Waals surface area contributed by atoms with Crippen LogP contribution in [0.5, 0.6) is 0 Å². The fourth-order valence-corrected chi connectivity index (χ4v) is 3.05. The molecule has 1 aliphatic carbocycles. The zero-order chi connectivity index (χ0) is 15.5. The van der Waals surface area contributed by atoms with Crippen LogP contribution in [0.3, 0.4) is 0 Å². The first-order valence-corrected chi connectivity index (χ1v) is 8.33. The molecule has 1 aromatic carbocycles. The smallest absolute Gasteiger partial charge is 0.251 e. The van der Waals surface area contributed by atoms with Crippen molar-refractivity contribution in [2.24, 2.45) is 0 Å². The first kappa shape index (κ1) is 14.9. The highest BCUT2D eigenvalue weighted by Gasteiger charge is 2.24. The van der Waals surface area contributed by atoms with E-state index in [1.165, 1.54) is 16.7 Å². The summed E-state index contributed by atoms with van der Waals surface area (Å²) in [5.74, 6) is 0.596. The molecule has 0 atom stereocenters. The van der Waals surface area contributed by atoms with Gasteiger partial charge in [-0.15, -0.1) is 11.8 Å². The quantitative estimate of drug-likeness (QED) is 0.850. The summed E-state index contributed by atoms with van der Waals surface area (Å²) in [6.07, 6.45) is 2.06. The molecule has 1 aliphatic heterocycles. The number of amides is 3. The summed E-state index contributed by atoms with van der Waals surface area (Å²) in [6, 6.07) is 7.12. The van der Waals surface area contributed by atoms with Crippen LogP contribution in [0, 0.1) is 0 Å². The number of thioether (sulfide) groups is 1. The number of nitrogens with one attached hydrogen (secondary N) is 2. The highest BCUT2D eigenvalue weighted by Crippen LogP contribution is 2.20. The lowest BCUT2D eigenvalue weighted by atomic mass is 10.2. The van der Waals surface area contributed by atoms with Gasteiger partial charge in [-0.1, -0.05) is 6.07 Å². The lowest BCUT2D eigenvalue weighted by molar-refractivity contribution is -0.130. The molecular weight excluding hydrogens is 302 g/mol. The van der Waals surface area contributed by atoms with Crippen molar-refractivity contribution in [3.05, 3.63) is 29.8 Å². The molecule has 3 rings (SSSR count). The molecule has 2 fully saturated rings. The van der Waals surface area contributed by atoms with Crippen LogP contribution in [0.1, 0.15) is 23.2 Å². The summed E-state index contributed by atoms with van der Waals surface area (Å²) < 4.78 is 0. The first-order chi connectivity index (χ1) is 10.6. The number of rotatable bonds is 5. The van der Waals surface area contributed by atoms with E-state index < -0.39 is 0 Å². The fraction of sp³-hybridized carbons (Fsp3) is 0.400. The number of hydrogen-bond donors (Lipinski definition) is 2. The average Bonchev–Trinajstić information content (AvgIpc) is 3.22. The van der Waals surface area contributed by atoms with Crippen LogP contribution in [0.2, 0.25) is 0 Å². The molecule has 0 aromatic heterocycles. The van der Waals surface area contributed by atoms with Gasteiger partial charge in [-0.05, 0) is 31.0 Å². The van der Waals surface area contributed by atoms with E-state index in [0.717, 1.165) is 12.8 Å². The molecule has 7 heteroatoms. The van der Waals surface area contributed by atoms with Crippen LogP contribution < -0.4 is 10.6 Å². The number of carbonyl (C=O) groups excluding carboxylic acids is 3. The predicted molar refractivity (Wildman–Crippen MR) is 84.6 cm³/mol. The van der Waals surface area contributed by atoms with Crippen LogP contribution in [0.25, 0.3) is 0 Å². The summed E-state index contributed by atoms with van der Waals surface area (Å²) in [5, 5.41) is 5.64. The third-order valence-corrected chi connectivity index (χ3v) is 4.43. The molecule has 2 N–H and O–H groups in total. The van der Waals surface area contributed by atoms with Crippen molar-refractivity contribution in [1.29, 1.82) is 0 Å². The molecule has 22 heavy (non-hydrogen) atoms. The van der Waals surface area contributed by atoms with Gasteiger partial charge in [0.2, 0.25) is 11.8 Å². The Hall–Kier alpha value is -2.02. The second-order valence-corrected chi connectivity index (χ2v) is 6.40. The lowest BCUT2D eigenvalue weighted by Crippen LogP contribution is -2.34. The van der Waals surface area contributed by atoms with E-state index in [1.807, 2.05) is 0 Å². The summed E-state index contributed by atoms with van der Waals surface area (Å²) >= 11 is 1.50. The molecule has 2 aliphatic rings. The predicted octanol–water partition coefficient (Wildman–Crippen LogP) is 1.05. The van der Waals surface area contributed by atoms with Gasteiger partial charge in [0.1, 0.15) is 6.54 Å². The van der Waals surface area contributed by atoms with Gasteiger partial charge in [-0.3, -0.25) is 14.4 Å². The maximum Gasteiger partial charge on any atom is 0.251 e. The van der Waals surface area contributed by atoms with Crippen molar-refractivity contribution in [2.45, 2.75) is 18.9 Å². The Labute approximate surface area is 132 Å². The van der Waals surface area contributed by atoms with E-state index in [2.05, 4.69) is 10.6 Å². The summed E-state index contributed by atoms with van der Waals surface area (Å²) in [5.41, 5.74) is 1.09. The molecule has 1 saturated heterocycles. The highest BCUT2D eigenvalue weighted by atomic mass is 32.2. The molecule has 1 saturated carbocycles. The van der Waals surface area contributed by atoms with Crippen molar-refractivity contribution >= 4 is 35.2 Å². The van der Waals surface area contributed by atoms with E-state index in [9.17, 15) is 14.4 Å². The van der Waals surface area contributed by atoms with Gasteiger partial charge in [0.25, 0.3) is 5.91 Å². The molecular formula is C15H17N3O3S. The van der Waals surface area contributed by atoms with Gasteiger partial charge < -0.3 is 15.5 Å². The molecule has 0 spiro atoms. The Balaban J connectivity index is 1.58. The van der Waals surface area contributed by atoms with E-state index in [-0.39, 0.29) is 24.3 Å². The minimum Gasteiger partial charge on any atom is -0.349 e. The fourth-order valence-electron chi connectivity index (χ4n) is 2.15. The number of carbonyl (C=O) groups is 3. The van der Waals surface area contributed by atoms with E-state index >= 15 is 0 Å². The van der Waals surface area contributed by atoms with E-state index in [1.54, 1.807) is 24.3 Å². The Morgan fingerprint density at radius 3 is 2.82 bits per heavy atom. The molecule has 116 valence electrons. The Morgan fingerprint density at radius 2 is 2.14 bits per heavy atom. The van der Waals surface area contributed by atoms with Crippen molar-refractivity contribution in [2.75, 3.05) is 23.5 Å². The maximum atomic E-state index is 12.0. The Morgan fingerprint density at radius 1 is 1.32 bits per heavy atom. The van der Waals surface area contributed by atoms with Crippen LogP contribution in [-0.2, 0) is 9.59 Å². The molecule has 3 amide bonds. The van der Waals surface area contributed by atoms with Crippen molar-refractivity contribution in [3.63, 3.8) is 0 Å². The van der Waals surface area contributed by atoms with Crippen molar-refractivity contribution in [1.82, 2.24) is 10.2 Å². The van der Waals surface area contributed by atoms with Gasteiger partial charge in [-0.25, -0.2) is 0 Å². The summed E-state index contributed by atoms with van der Waals surface area (Å²) in [7, 11) is 0. The van der Waals surface area contributed by atoms with Gasteiger partial charge >= 0.3 is 0 Å².